The molecule has 2 aliphatic heterocycles. The van der Waals surface area contributed by atoms with Crippen LogP contribution in [0, 0.1) is 11.8 Å². The number of amides is 3. The van der Waals surface area contributed by atoms with Gasteiger partial charge in [0.15, 0.2) is 0 Å². The molecule has 2 saturated heterocycles. The summed E-state index contributed by atoms with van der Waals surface area (Å²) in [5, 5.41) is 2.97. The Kier molecular flexibility index (Phi) is 7.63. The van der Waals surface area contributed by atoms with Crippen LogP contribution in [-0.2, 0) is 19.1 Å². The SMILES string of the molecule is CCOCCCNC(=O)C1CCN(C(=O)C2CC(=O)N(c3ccccc3)C2)CC1. The van der Waals surface area contributed by atoms with Gasteiger partial charge in [0.2, 0.25) is 17.7 Å². The lowest BCUT2D eigenvalue weighted by Crippen LogP contribution is -2.45. The van der Waals surface area contributed by atoms with Crippen LogP contribution in [-0.4, -0.2) is 62.0 Å². The van der Waals surface area contributed by atoms with Crippen molar-refractivity contribution in [1.82, 2.24) is 10.2 Å². The number of ether oxygens (including phenoxy) is 1. The molecule has 3 amide bonds. The van der Waals surface area contributed by atoms with Gasteiger partial charge < -0.3 is 19.9 Å². The zero-order valence-electron chi connectivity index (χ0n) is 17.1. The van der Waals surface area contributed by atoms with Crippen molar-refractivity contribution in [3.63, 3.8) is 0 Å². The second kappa shape index (κ2) is 10.4. The summed E-state index contributed by atoms with van der Waals surface area (Å²) >= 11 is 0. The molecule has 29 heavy (non-hydrogen) atoms. The normalized spacial score (nSPS) is 20.2. The van der Waals surface area contributed by atoms with Crippen molar-refractivity contribution >= 4 is 23.4 Å². The Morgan fingerprint density at radius 1 is 1.14 bits per heavy atom. The van der Waals surface area contributed by atoms with Gasteiger partial charge >= 0.3 is 0 Å². The maximum absolute atomic E-state index is 12.9. The molecule has 1 aromatic carbocycles. The number of carbonyl (C=O) groups is 3. The number of hydrogen-bond acceptors (Lipinski definition) is 4. The van der Waals surface area contributed by atoms with Gasteiger partial charge in [0.25, 0.3) is 0 Å². The summed E-state index contributed by atoms with van der Waals surface area (Å²) in [6.45, 7) is 5.51. The number of rotatable bonds is 8. The molecule has 2 heterocycles. The van der Waals surface area contributed by atoms with Crippen molar-refractivity contribution in [2.24, 2.45) is 11.8 Å². The van der Waals surface area contributed by atoms with E-state index in [1.54, 1.807) is 4.90 Å². The molecular weight excluding hydrogens is 370 g/mol. The highest BCUT2D eigenvalue weighted by Crippen LogP contribution is 2.27. The molecule has 0 aromatic heterocycles. The third kappa shape index (κ3) is 5.56. The minimum absolute atomic E-state index is 0.00383. The van der Waals surface area contributed by atoms with Crippen molar-refractivity contribution in [3.05, 3.63) is 30.3 Å². The fraction of sp³-hybridized carbons (Fsp3) is 0.591. The summed E-state index contributed by atoms with van der Waals surface area (Å²) < 4.78 is 5.27. The van der Waals surface area contributed by atoms with E-state index in [0.717, 1.165) is 12.1 Å². The van der Waals surface area contributed by atoms with E-state index in [-0.39, 0.29) is 36.0 Å². The number of nitrogens with zero attached hydrogens (tertiary/aromatic N) is 2. The highest BCUT2D eigenvalue weighted by atomic mass is 16.5. The largest absolute Gasteiger partial charge is 0.382 e. The molecule has 0 spiro atoms. The Hall–Kier alpha value is -2.41. The number of piperidine rings is 1. The fourth-order valence-corrected chi connectivity index (χ4v) is 4.03. The van der Waals surface area contributed by atoms with Crippen LogP contribution in [0.25, 0.3) is 0 Å². The lowest BCUT2D eigenvalue weighted by atomic mass is 9.94. The first kappa shape index (κ1) is 21.3. The standard InChI is InChI=1S/C22H31N3O4/c1-2-29-14-6-11-23-21(27)17-9-12-24(13-10-17)22(28)18-15-20(26)25(16-18)19-7-4-3-5-8-19/h3-5,7-8,17-18H,2,6,9-16H2,1H3,(H,23,27). The van der Waals surface area contributed by atoms with Gasteiger partial charge in [-0.2, -0.15) is 0 Å². The summed E-state index contributed by atoms with van der Waals surface area (Å²) in [6, 6.07) is 9.48. The van der Waals surface area contributed by atoms with Crippen LogP contribution < -0.4 is 10.2 Å². The first-order valence-corrected chi connectivity index (χ1v) is 10.6. The van der Waals surface area contributed by atoms with Gasteiger partial charge in [0.1, 0.15) is 0 Å². The van der Waals surface area contributed by atoms with Crippen LogP contribution in [0.2, 0.25) is 0 Å². The zero-order chi connectivity index (χ0) is 20.6. The van der Waals surface area contributed by atoms with Gasteiger partial charge in [-0.25, -0.2) is 0 Å². The molecule has 158 valence electrons. The highest BCUT2D eigenvalue weighted by molar-refractivity contribution is 6.00. The molecule has 0 radical (unpaired) electrons. The average Bonchev–Trinajstić information content (AvgIpc) is 3.15. The van der Waals surface area contributed by atoms with Crippen molar-refractivity contribution in [2.45, 2.75) is 32.6 Å². The third-order valence-electron chi connectivity index (χ3n) is 5.69. The van der Waals surface area contributed by atoms with Crippen LogP contribution in [0.15, 0.2) is 30.3 Å². The van der Waals surface area contributed by atoms with Gasteiger partial charge in [-0.1, -0.05) is 18.2 Å². The quantitative estimate of drug-likeness (QED) is 0.674. The molecule has 1 N–H and O–H groups in total. The maximum Gasteiger partial charge on any atom is 0.228 e. The van der Waals surface area contributed by atoms with Crippen LogP contribution >= 0.6 is 0 Å². The van der Waals surface area contributed by atoms with Crippen molar-refractivity contribution < 1.29 is 19.1 Å². The number of benzene rings is 1. The van der Waals surface area contributed by atoms with E-state index in [2.05, 4.69) is 5.32 Å². The Morgan fingerprint density at radius 2 is 1.86 bits per heavy atom. The third-order valence-corrected chi connectivity index (χ3v) is 5.69. The first-order chi connectivity index (χ1) is 14.1. The van der Waals surface area contributed by atoms with Gasteiger partial charge in [0.05, 0.1) is 5.92 Å². The summed E-state index contributed by atoms with van der Waals surface area (Å²) in [5.74, 6) is -0.244. The number of para-hydroxylation sites is 1. The molecule has 0 bridgehead atoms. The number of nitrogens with one attached hydrogen (secondary N) is 1. The van der Waals surface area contributed by atoms with Crippen LogP contribution in [0.3, 0.4) is 0 Å². The summed E-state index contributed by atoms with van der Waals surface area (Å²) in [7, 11) is 0. The Balaban J connectivity index is 1.43. The molecule has 1 aromatic rings. The lowest BCUT2D eigenvalue weighted by Gasteiger charge is -2.33. The molecule has 0 saturated carbocycles. The Bertz CT molecular complexity index is 701. The molecule has 1 unspecified atom stereocenters. The number of likely N-dealkylation sites (tertiary alicyclic amines) is 1. The molecule has 1 atom stereocenters. The minimum Gasteiger partial charge on any atom is -0.382 e. The van der Waals surface area contributed by atoms with Gasteiger partial charge in [0, 0.05) is 57.4 Å². The smallest absolute Gasteiger partial charge is 0.228 e. The van der Waals surface area contributed by atoms with Gasteiger partial charge in [-0.3, -0.25) is 14.4 Å². The summed E-state index contributed by atoms with van der Waals surface area (Å²) in [6.07, 6.45) is 2.41. The molecule has 0 aliphatic carbocycles. The molecule has 2 fully saturated rings. The predicted molar refractivity (Wildman–Crippen MR) is 110 cm³/mol. The maximum atomic E-state index is 12.9. The molecule has 2 aliphatic rings. The van der Waals surface area contributed by atoms with Crippen molar-refractivity contribution in [3.8, 4) is 0 Å². The number of carbonyl (C=O) groups excluding carboxylic acids is 3. The Labute approximate surface area is 172 Å². The van der Waals surface area contributed by atoms with Crippen molar-refractivity contribution in [1.29, 1.82) is 0 Å². The van der Waals surface area contributed by atoms with Crippen LogP contribution in [0.5, 0.6) is 0 Å². The second-order valence-electron chi connectivity index (χ2n) is 7.68. The van der Waals surface area contributed by atoms with E-state index in [0.29, 0.717) is 52.2 Å². The monoisotopic (exact) mass is 401 g/mol. The minimum atomic E-state index is -0.299. The number of anilines is 1. The van der Waals surface area contributed by atoms with Gasteiger partial charge in [-0.05, 0) is 38.3 Å². The summed E-state index contributed by atoms with van der Waals surface area (Å²) in [4.78, 5) is 41.1. The lowest BCUT2D eigenvalue weighted by molar-refractivity contribution is -0.139. The topological polar surface area (TPSA) is 79.0 Å². The summed E-state index contributed by atoms with van der Waals surface area (Å²) in [5.41, 5.74) is 0.840. The Morgan fingerprint density at radius 3 is 2.55 bits per heavy atom. The van der Waals surface area contributed by atoms with E-state index < -0.39 is 0 Å². The molecule has 7 heteroatoms. The van der Waals surface area contributed by atoms with E-state index >= 15 is 0 Å². The van der Waals surface area contributed by atoms with Crippen LogP contribution in [0.4, 0.5) is 5.69 Å². The average molecular weight is 402 g/mol. The van der Waals surface area contributed by atoms with Crippen molar-refractivity contribution in [2.75, 3.05) is 44.3 Å². The zero-order valence-corrected chi connectivity index (χ0v) is 17.1. The molecule has 7 nitrogen and oxygen atoms in total. The van der Waals surface area contributed by atoms with E-state index in [9.17, 15) is 14.4 Å². The van der Waals surface area contributed by atoms with Crippen LogP contribution in [0.1, 0.15) is 32.6 Å². The predicted octanol–water partition coefficient (Wildman–Crippen LogP) is 1.82. The molecule has 3 rings (SSSR count). The van der Waals surface area contributed by atoms with E-state index in [4.69, 9.17) is 4.74 Å². The van der Waals surface area contributed by atoms with E-state index in [1.807, 2.05) is 42.2 Å². The molecular formula is C22H31N3O4. The fourth-order valence-electron chi connectivity index (χ4n) is 4.03. The second-order valence-corrected chi connectivity index (χ2v) is 7.68. The van der Waals surface area contributed by atoms with E-state index in [1.165, 1.54) is 0 Å². The number of hydrogen-bond donors (Lipinski definition) is 1. The van der Waals surface area contributed by atoms with Gasteiger partial charge in [-0.15, -0.1) is 0 Å². The first-order valence-electron chi connectivity index (χ1n) is 10.6. The highest BCUT2D eigenvalue weighted by Gasteiger charge is 2.38.